The van der Waals surface area contributed by atoms with Crippen molar-refractivity contribution in [2.45, 2.75) is 46.1 Å². The Morgan fingerprint density at radius 3 is 2.75 bits per heavy atom. The van der Waals surface area contributed by atoms with Crippen LogP contribution in [-0.2, 0) is 9.53 Å². The number of hydrogen-bond acceptors (Lipinski definition) is 3. The van der Waals surface area contributed by atoms with E-state index in [2.05, 4.69) is 6.92 Å². The van der Waals surface area contributed by atoms with Crippen molar-refractivity contribution in [3.05, 3.63) is 34.9 Å². The maximum absolute atomic E-state index is 11.8. The summed E-state index contributed by atoms with van der Waals surface area (Å²) in [6.07, 6.45) is 3.34. The van der Waals surface area contributed by atoms with E-state index in [0.717, 1.165) is 16.9 Å². The Labute approximate surface area is 120 Å². The SMILES string of the molecule is Cc1ccc2c(c1/C=C/C(=O)OC(C)(C)C)[C@@H](C)CO2. The number of aryl methyl sites for hydroxylation is 1. The molecule has 0 radical (unpaired) electrons. The molecule has 0 aromatic heterocycles. The fraction of sp³-hybridized carbons (Fsp3) is 0.471. The minimum Gasteiger partial charge on any atom is -0.493 e. The maximum Gasteiger partial charge on any atom is 0.331 e. The summed E-state index contributed by atoms with van der Waals surface area (Å²) >= 11 is 0. The zero-order chi connectivity index (χ0) is 14.9. The van der Waals surface area contributed by atoms with Gasteiger partial charge in [-0.15, -0.1) is 0 Å². The van der Waals surface area contributed by atoms with Crippen LogP contribution in [0.1, 0.15) is 50.3 Å². The molecule has 108 valence electrons. The lowest BCUT2D eigenvalue weighted by Crippen LogP contribution is -2.22. The van der Waals surface area contributed by atoms with E-state index in [0.29, 0.717) is 12.5 Å². The van der Waals surface area contributed by atoms with Gasteiger partial charge in [-0.1, -0.05) is 13.0 Å². The summed E-state index contributed by atoms with van der Waals surface area (Å²) in [6.45, 7) is 10.5. The van der Waals surface area contributed by atoms with Gasteiger partial charge >= 0.3 is 5.97 Å². The highest BCUT2D eigenvalue weighted by atomic mass is 16.6. The van der Waals surface area contributed by atoms with Gasteiger partial charge in [0.05, 0.1) is 6.61 Å². The first kappa shape index (κ1) is 14.6. The number of rotatable bonds is 2. The highest BCUT2D eigenvalue weighted by molar-refractivity contribution is 5.88. The van der Waals surface area contributed by atoms with Crippen LogP contribution in [0.4, 0.5) is 0 Å². The zero-order valence-electron chi connectivity index (χ0n) is 12.8. The van der Waals surface area contributed by atoms with E-state index >= 15 is 0 Å². The highest BCUT2D eigenvalue weighted by Crippen LogP contribution is 2.38. The van der Waals surface area contributed by atoms with Crippen LogP contribution in [0.5, 0.6) is 5.75 Å². The Morgan fingerprint density at radius 2 is 2.10 bits per heavy atom. The van der Waals surface area contributed by atoms with E-state index in [1.54, 1.807) is 0 Å². The Kier molecular flexibility index (Phi) is 3.89. The van der Waals surface area contributed by atoms with Gasteiger partial charge in [-0.25, -0.2) is 4.79 Å². The van der Waals surface area contributed by atoms with Gasteiger partial charge in [-0.05, 0) is 51.0 Å². The van der Waals surface area contributed by atoms with Crippen LogP contribution in [0, 0.1) is 6.92 Å². The summed E-state index contributed by atoms with van der Waals surface area (Å²) in [5.74, 6) is 0.955. The molecular formula is C17H22O3. The molecule has 2 rings (SSSR count). The summed E-state index contributed by atoms with van der Waals surface area (Å²) < 4.78 is 10.9. The monoisotopic (exact) mass is 274 g/mol. The van der Waals surface area contributed by atoms with Crippen molar-refractivity contribution >= 4 is 12.0 Å². The molecule has 1 aliphatic rings. The Bertz CT molecular complexity index is 550. The molecule has 0 saturated heterocycles. The average Bonchev–Trinajstić information content (AvgIpc) is 2.68. The lowest BCUT2D eigenvalue weighted by atomic mass is 9.93. The van der Waals surface area contributed by atoms with Gasteiger partial charge in [0.1, 0.15) is 11.4 Å². The van der Waals surface area contributed by atoms with Crippen molar-refractivity contribution in [2.24, 2.45) is 0 Å². The fourth-order valence-corrected chi connectivity index (χ4v) is 2.37. The third-order valence-corrected chi connectivity index (χ3v) is 3.24. The number of ether oxygens (including phenoxy) is 2. The van der Waals surface area contributed by atoms with Crippen LogP contribution >= 0.6 is 0 Å². The molecule has 3 heteroatoms. The minimum absolute atomic E-state index is 0.318. The van der Waals surface area contributed by atoms with Crippen LogP contribution < -0.4 is 4.74 Å². The van der Waals surface area contributed by atoms with Gasteiger partial charge in [-0.2, -0.15) is 0 Å². The van der Waals surface area contributed by atoms with Crippen LogP contribution in [0.15, 0.2) is 18.2 Å². The fourth-order valence-electron chi connectivity index (χ4n) is 2.37. The molecule has 1 aromatic rings. The van der Waals surface area contributed by atoms with E-state index in [9.17, 15) is 4.79 Å². The number of benzene rings is 1. The molecule has 0 unspecified atom stereocenters. The van der Waals surface area contributed by atoms with Crippen LogP contribution in [0.3, 0.4) is 0 Å². The van der Waals surface area contributed by atoms with E-state index in [4.69, 9.17) is 9.47 Å². The van der Waals surface area contributed by atoms with Gasteiger partial charge in [0.15, 0.2) is 0 Å². The summed E-state index contributed by atoms with van der Waals surface area (Å²) in [4.78, 5) is 11.8. The van der Waals surface area contributed by atoms with Gasteiger partial charge < -0.3 is 9.47 Å². The second-order valence-corrected chi connectivity index (χ2v) is 6.29. The molecule has 1 aliphatic heterocycles. The normalized spacial score (nSPS) is 17.9. The first-order valence-corrected chi connectivity index (χ1v) is 6.95. The first-order chi connectivity index (χ1) is 9.28. The lowest BCUT2D eigenvalue weighted by molar-refractivity contribution is -0.148. The molecule has 1 heterocycles. The van der Waals surface area contributed by atoms with Crippen LogP contribution in [0.25, 0.3) is 6.08 Å². The molecule has 1 atom stereocenters. The second-order valence-electron chi connectivity index (χ2n) is 6.29. The number of hydrogen-bond donors (Lipinski definition) is 0. The first-order valence-electron chi connectivity index (χ1n) is 6.95. The van der Waals surface area contributed by atoms with Crippen molar-refractivity contribution in [2.75, 3.05) is 6.61 Å². The maximum atomic E-state index is 11.8. The van der Waals surface area contributed by atoms with Crippen molar-refractivity contribution in [3.63, 3.8) is 0 Å². The molecule has 0 fully saturated rings. The molecular weight excluding hydrogens is 252 g/mol. The third-order valence-electron chi connectivity index (χ3n) is 3.24. The molecule has 20 heavy (non-hydrogen) atoms. The molecule has 0 saturated carbocycles. The van der Waals surface area contributed by atoms with E-state index in [1.165, 1.54) is 11.6 Å². The van der Waals surface area contributed by atoms with Gasteiger partial charge in [-0.3, -0.25) is 0 Å². The van der Waals surface area contributed by atoms with E-state index in [-0.39, 0.29) is 5.97 Å². The van der Waals surface area contributed by atoms with Crippen molar-refractivity contribution in [3.8, 4) is 5.75 Å². The minimum atomic E-state index is -0.467. The Hall–Kier alpha value is -1.77. The molecule has 1 aromatic carbocycles. The largest absolute Gasteiger partial charge is 0.493 e. The summed E-state index contributed by atoms with van der Waals surface area (Å²) in [7, 11) is 0. The molecule has 0 amide bonds. The van der Waals surface area contributed by atoms with Gasteiger partial charge in [0, 0.05) is 17.6 Å². The molecule has 0 aliphatic carbocycles. The number of carbonyl (C=O) groups excluding carboxylic acids is 1. The smallest absolute Gasteiger partial charge is 0.331 e. The number of esters is 1. The standard InChI is InChI=1S/C17H22O3/c1-11-6-8-14-16(12(2)10-19-14)13(11)7-9-15(18)20-17(3,4)5/h6-9,12H,10H2,1-5H3/b9-7+/t12-/m0/s1. The summed E-state index contributed by atoms with van der Waals surface area (Å²) in [5, 5.41) is 0. The average molecular weight is 274 g/mol. The van der Waals surface area contributed by atoms with E-state index < -0.39 is 5.60 Å². The zero-order valence-corrected chi connectivity index (χ0v) is 12.8. The predicted molar refractivity (Wildman–Crippen MR) is 80.0 cm³/mol. The van der Waals surface area contributed by atoms with Crippen LogP contribution in [-0.4, -0.2) is 18.2 Å². The third kappa shape index (κ3) is 3.21. The van der Waals surface area contributed by atoms with Gasteiger partial charge in [0.25, 0.3) is 0 Å². The van der Waals surface area contributed by atoms with Gasteiger partial charge in [0.2, 0.25) is 0 Å². The molecule has 0 bridgehead atoms. The predicted octanol–water partition coefficient (Wildman–Crippen LogP) is 3.85. The van der Waals surface area contributed by atoms with Crippen molar-refractivity contribution in [1.82, 2.24) is 0 Å². The quantitative estimate of drug-likeness (QED) is 0.607. The molecule has 0 spiro atoms. The topological polar surface area (TPSA) is 35.5 Å². The van der Waals surface area contributed by atoms with Crippen molar-refractivity contribution in [1.29, 1.82) is 0 Å². The summed E-state index contributed by atoms with van der Waals surface area (Å²) in [5.41, 5.74) is 2.93. The van der Waals surface area contributed by atoms with Crippen molar-refractivity contribution < 1.29 is 14.3 Å². The summed E-state index contributed by atoms with van der Waals surface area (Å²) in [6, 6.07) is 4.02. The highest BCUT2D eigenvalue weighted by Gasteiger charge is 2.23. The van der Waals surface area contributed by atoms with Crippen LogP contribution in [0.2, 0.25) is 0 Å². The van der Waals surface area contributed by atoms with E-state index in [1.807, 2.05) is 45.9 Å². The molecule has 3 nitrogen and oxygen atoms in total. The number of carbonyl (C=O) groups is 1. The number of fused-ring (bicyclic) bond motifs is 1. The Balaban J connectivity index is 2.26. The lowest BCUT2D eigenvalue weighted by Gasteiger charge is -2.18. The second kappa shape index (κ2) is 5.31. The molecule has 0 N–H and O–H groups in total. The Morgan fingerprint density at radius 1 is 1.40 bits per heavy atom.